The third-order valence-electron chi connectivity index (χ3n) is 3.17. The van der Waals surface area contributed by atoms with Crippen LogP contribution in [0.5, 0.6) is 5.75 Å². The minimum absolute atomic E-state index is 0.0133. The summed E-state index contributed by atoms with van der Waals surface area (Å²) in [5, 5.41) is 2.88. The summed E-state index contributed by atoms with van der Waals surface area (Å²) in [6.45, 7) is 12.1. The summed E-state index contributed by atoms with van der Waals surface area (Å²) >= 11 is 0. The number of rotatable bonds is 6. The molecule has 0 atom stereocenters. The van der Waals surface area contributed by atoms with Gasteiger partial charge in [-0.1, -0.05) is 27.7 Å². The van der Waals surface area contributed by atoms with Gasteiger partial charge in [0.05, 0.1) is 12.2 Å². The van der Waals surface area contributed by atoms with Gasteiger partial charge >= 0.3 is 0 Å². The predicted octanol–water partition coefficient (Wildman–Crippen LogP) is 4.70. The van der Waals surface area contributed by atoms with E-state index in [1.165, 1.54) is 6.07 Å². The van der Waals surface area contributed by atoms with Crippen LogP contribution in [0, 0.1) is 17.0 Å². The van der Waals surface area contributed by atoms with Crippen molar-refractivity contribution in [3.8, 4) is 5.75 Å². The largest absolute Gasteiger partial charge is 0.490 e. The van der Waals surface area contributed by atoms with E-state index in [0.717, 1.165) is 12.5 Å². The molecule has 0 heterocycles. The minimum Gasteiger partial charge on any atom is -0.490 e. The van der Waals surface area contributed by atoms with Gasteiger partial charge in [0.2, 0.25) is 5.82 Å². The number of carbonyl (C=O) groups excluding carboxylic acids is 1. The Bertz CT molecular complexity index is 563. The first-order valence-electron chi connectivity index (χ1n) is 7.90. The molecule has 5 heteroatoms. The zero-order valence-corrected chi connectivity index (χ0v) is 14.8. The summed E-state index contributed by atoms with van der Waals surface area (Å²) < 4.78 is 32.7. The molecule has 0 spiro atoms. The average molecular weight is 327 g/mol. The van der Waals surface area contributed by atoms with E-state index in [1.807, 2.05) is 20.8 Å². The molecule has 1 rings (SSSR count). The van der Waals surface area contributed by atoms with Crippen molar-refractivity contribution in [1.82, 2.24) is 5.32 Å². The Balaban J connectivity index is 3.06. The summed E-state index contributed by atoms with van der Waals surface area (Å²) in [4.78, 5) is 12.5. The maximum Gasteiger partial charge on any atom is 0.255 e. The zero-order chi connectivity index (χ0) is 17.8. The number of nitrogens with one attached hydrogen (secondary N) is 1. The maximum atomic E-state index is 14.0. The molecule has 1 aromatic carbocycles. The summed E-state index contributed by atoms with van der Waals surface area (Å²) in [6, 6.07) is 2.20. The van der Waals surface area contributed by atoms with Crippen molar-refractivity contribution in [1.29, 1.82) is 0 Å². The van der Waals surface area contributed by atoms with Gasteiger partial charge in [-0.25, -0.2) is 4.39 Å². The summed E-state index contributed by atoms with van der Waals surface area (Å²) in [5.74, 6) is -2.94. The molecule has 0 saturated carbocycles. The quantitative estimate of drug-likeness (QED) is 0.822. The van der Waals surface area contributed by atoms with E-state index in [0.29, 0.717) is 6.42 Å². The van der Waals surface area contributed by atoms with Gasteiger partial charge in [0.1, 0.15) is 0 Å². The standard InChI is InChI=1S/C18H27F2NO2/c1-7-10-23-15-12(8-9-13(19)14(15)20)16(22)21-18(5,6)11-17(2,3)4/h8-9H,7,10-11H2,1-6H3,(H,21,22). The molecule has 1 amide bonds. The van der Waals surface area contributed by atoms with E-state index < -0.39 is 23.1 Å². The number of ether oxygens (including phenoxy) is 1. The maximum absolute atomic E-state index is 14.0. The molecule has 0 aromatic heterocycles. The highest BCUT2D eigenvalue weighted by Crippen LogP contribution is 2.29. The molecule has 1 N–H and O–H groups in total. The zero-order valence-electron chi connectivity index (χ0n) is 14.8. The number of amides is 1. The van der Waals surface area contributed by atoms with Crippen molar-refractivity contribution in [2.75, 3.05) is 6.61 Å². The predicted molar refractivity (Wildman–Crippen MR) is 87.8 cm³/mol. The van der Waals surface area contributed by atoms with Gasteiger partial charge in [0.15, 0.2) is 11.6 Å². The lowest BCUT2D eigenvalue weighted by Crippen LogP contribution is -2.46. The number of hydrogen-bond acceptors (Lipinski definition) is 2. The average Bonchev–Trinajstić information content (AvgIpc) is 2.36. The lowest BCUT2D eigenvalue weighted by atomic mass is 9.81. The van der Waals surface area contributed by atoms with Crippen LogP contribution in [-0.4, -0.2) is 18.1 Å². The van der Waals surface area contributed by atoms with E-state index in [4.69, 9.17) is 4.74 Å². The second kappa shape index (κ2) is 7.28. The smallest absolute Gasteiger partial charge is 0.255 e. The molecule has 0 aliphatic heterocycles. The summed E-state index contributed by atoms with van der Waals surface area (Å²) in [5.41, 5.74) is -0.450. The molecule has 130 valence electrons. The Morgan fingerprint density at radius 1 is 1.17 bits per heavy atom. The van der Waals surface area contributed by atoms with Gasteiger partial charge in [-0.3, -0.25) is 4.79 Å². The van der Waals surface area contributed by atoms with E-state index in [1.54, 1.807) is 0 Å². The van der Waals surface area contributed by atoms with Crippen molar-refractivity contribution in [2.24, 2.45) is 5.41 Å². The number of hydrogen-bond donors (Lipinski definition) is 1. The highest BCUT2D eigenvalue weighted by Gasteiger charge is 2.29. The van der Waals surface area contributed by atoms with Gasteiger partial charge < -0.3 is 10.1 Å². The van der Waals surface area contributed by atoms with Gasteiger partial charge in [0.25, 0.3) is 5.91 Å². The first kappa shape index (κ1) is 19.4. The number of carbonyl (C=O) groups is 1. The number of benzene rings is 1. The fraction of sp³-hybridized carbons (Fsp3) is 0.611. The van der Waals surface area contributed by atoms with Crippen LogP contribution in [0.1, 0.15) is 64.7 Å². The van der Waals surface area contributed by atoms with Gasteiger partial charge in [-0.15, -0.1) is 0 Å². The minimum atomic E-state index is -1.13. The second-order valence-electron chi connectivity index (χ2n) is 7.66. The molecule has 0 unspecified atom stereocenters. The highest BCUT2D eigenvalue weighted by molar-refractivity contribution is 5.97. The van der Waals surface area contributed by atoms with Crippen LogP contribution in [0.2, 0.25) is 0 Å². The van der Waals surface area contributed by atoms with Crippen LogP contribution >= 0.6 is 0 Å². The molecule has 0 fully saturated rings. The third-order valence-corrected chi connectivity index (χ3v) is 3.17. The molecule has 0 aliphatic rings. The van der Waals surface area contributed by atoms with Gasteiger partial charge in [-0.2, -0.15) is 4.39 Å². The molecule has 0 aliphatic carbocycles. The van der Waals surface area contributed by atoms with Crippen LogP contribution in [0.4, 0.5) is 8.78 Å². The third kappa shape index (κ3) is 5.81. The Hall–Kier alpha value is -1.65. The van der Waals surface area contributed by atoms with Crippen molar-refractivity contribution in [2.45, 2.75) is 59.9 Å². The van der Waals surface area contributed by atoms with Crippen molar-refractivity contribution in [3.63, 3.8) is 0 Å². The summed E-state index contributed by atoms with van der Waals surface area (Å²) in [6.07, 6.45) is 1.37. The highest BCUT2D eigenvalue weighted by atomic mass is 19.2. The van der Waals surface area contributed by atoms with Crippen LogP contribution < -0.4 is 10.1 Å². The Morgan fingerprint density at radius 3 is 2.30 bits per heavy atom. The molecule has 1 aromatic rings. The normalized spacial score (nSPS) is 12.2. The van der Waals surface area contributed by atoms with Crippen LogP contribution in [0.3, 0.4) is 0 Å². The Labute approximate surface area is 137 Å². The van der Waals surface area contributed by atoms with Crippen molar-refractivity contribution in [3.05, 3.63) is 29.3 Å². The van der Waals surface area contributed by atoms with E-state index >= 15 is 0 Å². The molecule has 0 radical (unpaired) electrons. The molecule has 23 heavy (non-hydrogen) atoms. The van der Waals surface area contributed by atoms with Crippen LogP contribution in [-0.2, 0) is 0 Å². The van der Waals surface area contributed by atoms with Crippen LogP contribution in [0.25, 0.3) is 0 Å². The fourth-order valence-corrected chi connectivity index (χ4v) is 2.80. The van der Waals surface area contributed by atoms with Crippen molar-refractivity contribution < 1.29 is 18.3 Å². The first-order chi connectivity index (χ1) is 10.5. The van der Waals surface area contributed by atoms with E-state index in [9.17, 15) is 13.6 Å². The lowest BCUT2D eigenvalue weighted by molar-refractivity contribution is 0.0886. The topological polar surface area (TPSA) is 38.3 Å². The number of halogens is 2. The second-order valence-corrected chi connectivity index (χ2v) is 7.66. The SMILES string of the molecule is CCCOc1c(C(=O)NC(C)(C)CC(C)(C)C)ccc(F)c1F. The fourth-order valence-electron chi connectivity index (χ4n) is 2.80. The molecular formula is C18H27F2NO2. The lowest BCUT2D eigenvalue weighted by Gasteiger charge is -2.33. The monoisotopic (exact) mass is 327 g/mol. The molecule has 0 saturated heterocycles. The van der Waals surface area contributed by atoms with E-state index in [2.05, 4.69) is 26.1 Å². The van der Waals surface area contributed by atoms with Gasteiger partial charge in [-0.05, 0) is 44.2 Å². The van der Waals surface area contributed by atoms with Gasteiger partial charge in [0, 0.05) is 5.54 Å². The molecular weight excluding hydrogens is 300 g/mol. The molecule has 3 nitrogen and oxygen atoms in total. The first-order valence-corrected chi connectivity index (χ1v) is 7.90. The molecule has 0 bridgehead atoms. The van der Waals surface area contributed by atoms with Crippen LogP contribution in [0.15, 0.2) is 12.1 Å². The van der Waals surface area contributed by atoms with E-state index in [-0.39, 0.29) is 23.3 Å². The Kier molecular flexibility index (Phi) is 6.14. The Morgan fingerprint density at radius 2 is 1.78 bits per heavy atom. The van der Waals surface area contributed by atoms with Crippen molar-refractivity contribution >= 4 is 5.91 Å². The summed E-state index contributed by atoms with van der Waals surface area (Å²) in [7, 11) is 0.